The minimum Gasteiger partial charge on any atom is -0.314 e. The van der Waals surface area contributed by atoms with Crippen LogP contribution in [0.25, 0.3) is 0 Å². The monoisotopic (exact) mass is 278 g/mol. The maximum Gasteiger partial charge on any atom is 0.156 e. The molecule has 0 fully saturated rings. The van der Waals surface area contributed by atoms with Crippen molar-refractivity contribution >= 4 is 18.2 Å². The first kappa shape index (κ1) is 15.9. The molecule has 1 atom stereocenters. The van der Waals surface area contributed by atoms with E-state index in [-0.39, 0.29) is 5.78 Å². The molecule has 1 unspecified atom stereocenters. The van der Waals surface area contributed by atoms with Gasteiger partial charge in [-0.3, -0.25) is 4.79 Å². The number of hydrogen-bond acceptors (Lipinski definition) is 2. The van der Waals surface area contributed by atoms with Gasteiger partial charge in [-0.25, -0.2) is 0 Å². The van der Waals surface area contributed by atoms with Crippen molar-refractivity contribution in [3.05, 3.63) is 41.7 Å². The highest BCUT2D eigenvalue weighted by molar-refractivity contribution is 7.74. The van der Waals surface area contributed by atoms with Crippen molar-refractivity contribution in [1.82, 2.24) is 0 Å². The molecule has 0 saturated carbocycles. The third kappa shape index (κ3) is 4.47. The maximum absolute atomic E-state index is 13.0. The summed E-state index contributed by atoms with van der Waals surface area (Å²) in [6.45, 7) is 5.79. The maximum atomic E-state index is 13.0. The third-order valence-corrected chi connectivity index (χ3v) is 5.86. The van der Waals surface area contributed by atoms with Gasteiger partial charge in [-0.2, -0.15) is 0 Å². The molecule has 0 saturated heterocycles. The third-order valence-electron chi connectivity index (χ3n) is 3.13. The zero-order chi connectivity index (χ0) is 14.3. The molecule has 1 aromatic rings. The van der Waals surface area contributed by atoms with Crippen LogP contribution in [-0.2, 0) is 9.36 Å². The molecule has 2 nitrogen and oxygen atoms in total. The largest absolute Gasteiger partial charge is 0.314 e. The second-order valence-electron chi connectivity index (χ2n) is 4.86. The van der Waals surface area contributed by atoms with Crippen LogP contribution in [0.15, 0.2) is 41.7 Å². The summed E-state index contributed by atoms with van der Waals surface area (Å²) < 4.78 is 13.0. The molecule has 1 rings (SSSR count). The minimum absolute atomic E-state index is 0.0870. The van der Waals surface area contributed by atoms with Crippen molar-refractivity contribution in [2.24, 2.45) is 0 Å². The van der Waals surface area contributed by atoms with E-state index in [2.05, 4.69) is 0 Å². The molecular formula is C16H23O2P. The lowest BCUT2D eigenvalue weighted by molar-refractivity contribution is -0.114. The van der Waals surface area contributed by atoms with Gasteiger partial charge in [-0.15, -0.1) is 0 Å². The van der Waals surface area contributed by atoms with E-state index >= 15 is 0 Å². The number of ketones is 1. The zero-order valence-corrected chi connectivity index (χ0v) is 13.0. The molecule has 104 valence electrons. The second-order valence-corrected chi connectivity index (χ2v) is 7.80. The fourth-order valence-corrected chi connectivity index (χ4v) is 4.16. The smallest absolute Gasteiger partial charge is 0.156 e. The Balaban J connectivity index is 3.11. The van der Waals surface area contributed by atoms with Crippen LogP contribution in [0.5, 0.6) is 0 Å². The standard InChI is InChI=1S/C16H23O2P/c1-4-9-14(17)13-16(10-5-2)19(3,18)15-11-7-6-8-12-15/h6-8,11-13H,4-5,9-10H2,1-3H3/b16-13+. The van der Waals surface area contributed by atoms with Crippen LogP contribution in [0, 0.1) is 0 Å². The van der Waals surface area contributed by atoms with Gasteiger partial charge in [0.05, 0.1) is 0 Å². The van der Waals surface area contributed by atoms with Crippen LogP contribution in [-0.4, -0.2) is 12.4 Å². The topological polar surface area (TPSA) is 34.1 Å². The van der Waals surface area contributed by atoms with Crippen LogP contribution in [0.3, 0.4) is 0 Å². The molecule has 19 heavy (non-hydrogen) atoms. The van der Waals surface area contributed by atoms with Crippen LogP contribution < -0.4 is 5.30 Å². The van der Waals surface area contributed by atoms with Crippen molar-refractivity contribution in [3.8, 4) is 0 Å². The number of allylic oxidation sites excluding steroid dienone is 2. The number of hydrogen-bond donors (Lipinski definition) is 0. The van der Waals surface area contributed by atoms with Gasteiger partial charge in [0.2, 0.25) is 0 Å². The van der Waals surface area contributed by atoms with Crippen LogP contribution in [0.4, 0.5) is 0 Å². The highest BCUT2D eigenvalue weighted by Gasteiger charge is 2.23. The van der Waals surface area contributed by atoms with Crippen molar-refractivity contribution in [3.63, 3.8) is 0 Å². The Morgan fingerprint density at radius 3 is 2.21 bits per heavy atom. The molecule has 1 aromatic carbocycles. The minimum atomic E-state index is -2.61. The van der Waals surface area contributed by atoms with Crippen LogP contribution in [0.2, 0.25) is 0 Å². The fraction of sp³-hybridized carbons (Fsp3) is 0.438. The van der Waals surface area contributed by atoms with E-state index in [1.807, 2.05) is 44.2 Å². The van der Waals surface area contributed by atoms with Gasteiger partial charge in [-0.05, 0) is 30.9 Å². The first-order chi connectivity index (χ1) is 9.02. The van der Waals surface area contributed by atoms with Crippen LogP contribution in [0.1, 0.15) is 39.5 Å². The van der Waals surface area contributed by atoms with Gasteiger partial charge in [0, 0.05) is 11.7 Å². The molecule has 0 amide bonds. The molecule has 0 bridgehead atoms. The molecule has 0 aliphatic rings. The summed E-state index contributed by atoms with van der Waals surface area (Å²) >= 11 is 0. The summed E-state index contributed by atoms with van der Waals surface area (Å²) in [6.07, 6.45) is 4.60. The molecule has 0 N–H and O–H groups in total. The van der Waals surface area contributed by atoms with Gasteiger partial charge in [0.1, 0.15) is 7.14 Å². The number of benzene rings is 1. The van der Waals surface area contributed by atoms with Crippen molar-refractivity contribution in [2.75, 3.05) is 6.66 Å². The lowest BCUT2D eigenvalue weighted by Gasteiger charge is -2.17. The predicted molar refractivity (Wildman–Crippen MR) is 82.5 cm³/mol. The Morgan fingerprint density at radius 2 is 1.68 bits per heavy atom. The predicted octanol–water partition coefficient (Wildman–Crippen LogP) is 4.36. The average molecular weight is 278 g/mol. The Kier molecular flexibility index (Phi) is 6.24. The van der Waals surface area contributed by atoms with E-state index in [1.54, 1.807) is 12.7 Å². The quantitative estimate of drug-likeness (QED) is 0.548. The highest BCUT2D eigenvalue weighted by Crippen LogP contribution is 2.50. The Labute approximate surface area is 116 Å². The number of rotatable bonds is 7. The summed E-state index contributed by atoms with van der Waals surface area (Å²) in [5.41, 5.74) is 0. The lowest BCUT2D eigenvalue weighted by Crippen LogP contribution is -2.06. The summed E-state index contributed by atoms with van der Waals surface area (Å²) in [5, 5.41) is 1.64. The summed E-state index contributed by atoms with van der Waals surface area (Å²) in [5.74, 6) is 0.0870. The number of carbonyl (C=O) groups is 1. The van der Waals surface area contributed by atoms with E-state index in [0.29, 0.717) is 6.42 Å². The summed E-state index contributed by atoms with van der Waals surface area (Å²) in [6, 6.07) is 9.46. The van der Waals surface area contributed by atoms with Crippen molar-refractivity contribution in [2.45, 2.75) is 39.5 Å². The first-order valence-electron chi connectivity index (χ1n) is 6.89. The van der Waals surface area contributed by atoms with Crippen LogP contribution >= 0.6 is 7.14 Å². The van der Waals surface area contributed by atoms with Gasteiger partial charge in [-0.1, -0.05) is 50.6 Å². The van der Waals surface area contributed by atoms with E-state index in [0.717, 1.165) is 29.9 Å². The Morgan fingerprint density at radius 1 is 1.11 bits per heavy atom. The molecule has 0 heterocycles. The van der Waals surface area contributed by atoms with E-state index in [1.165, 1.54) is 0 Å². The van der Waals surface area contributed by atoms with E-state index in [9.17, 15) is 9.36 Å². The van der Waals surface area contributed by atoms with Crippen molar-refractivity contribution < 1.29 is 9.36 Å². The second kappa shape index (κ2) is 7.45. The first-order valence-corrected chi connectivity index (χ1v) is 9.04. The SMILES string of the molecule is CCCC(=O)/C=C(\CCC)P(C)(=O)c1ccccc1. The molecular weight excluding hydrogens is 255 g/mol. The van der Waals surface area contributed by atoms with E-state index < -0.39 is 7.14 Å². The molecule has 0 aliphatic heterocycles. The zero-order valence-electron chi connectivity index (χ0n) is 12.1. The van der Waals surface area contributed by atoms with Gasteiger partial charge < -0.3 is 4.57 Å². The van der Waals surface area contributed by atoms with Gasteiger partial charge >= 0.3 is 0 Å². The Bertz CT molecular complexity index is 489. The molecule has 0 aromatic heterocycles. The van der Waals surface area contributed by atoms with Crippen molar-refractivity contribution in [1.29, 1.82) is 0 Å². The fourth-order valence-electron chi connectivity index (χ4n) is 2.05. The van der Waals surface area contributed by atoms with E-state index in [4.69, 9.17) is 0 Å². The molecule has 0 radical (unpaired) electrons. The molecule has 0 spiro atoms. The Hall–Kier alpha value is -1.14. The normalized spacial score (nSPS) is 15.0. The number of carbonyl (C=O) groups excluding carboxylic acids is 1. The van der Waals surface area contributed by atoms with Gasteiger partial charge in [0.15, 0.2) is 5.78 Å². The highest BCUT2D eigenvalue weighted by atomic mass is 31.2. The molecule has 0 aliphatic carbocycles. The average Bonchev–Trinajstić information content (AvgIpc) is 2.39. The molecule has 3 heteroatoms. The van der Waals surface area contributed by atoms with Gasteiger partial charge in [0.25, 0.3) is 0 Å². The lowest BCUT2D eigenvalue weighted by atomic mass is 10.2. The summed E-state index contributed by atoms with van der Waals surface area (Å²) in [4.78, 5) is 11.8. The summed E-state index contributed by atoms with van der Waals surface area (Å²) in [7, 11) is -2.61.